The van der Waals surface area contributed by atoms with E-state index in [9.17, 15) is 14.7 Å². The molecule has 1 aromatic rings. The number of rotatable bonds is 2. The van der Waals surface area contributed by atoms with Crippen LogP contribution in [0.4, 0.5) is 0 Å². The highest BCUT2D eigenvalue weighted by atomic mass is 16.7. The van der Waals surface area contributed by atoms with Gasteiger partial charge in [0.2, 0.25) is 0 Å². The third-order valence-electron chi connectivity index (χ3n) is 9.10. The molecule has 0 bridgehead atoms. The molecule has 2 aliphatic carbocycles. The lowest BCUT2D eigenvalue weighted by Gasteiger charge is -2.58. The van der Waals surface area contributed by atoms with E-state index in [2.05, 4.69) is 13.8 Å². The number of Topliss-reactive ketones (excluding diaryl/α,β-unsaturated/α-hetero) is 1. The molecule has 3 saturated heterocycles. The van der Waals surface area contributed by atoms with E-state index in [0.717, 1.165) is 12.0 Å². The van der Waals surface area contributed by atoms with Crippen molar-refractivity contribution in [3.8, 4) is 0 Å². The molecule has 30 heavy (non-hydrogen) atoms. The van der Waals surface area contributed by atoms with Crippen LogP contribution in [0.5, 0.6) is 0 Å². The maximum absolute atomic E-state index is 13.5. The smallest absolute Gasteiger partial charge is 0.339 e. The van der Waals surface area contributed by atoms with Gasteiger partial charge in [0.1, 0.15) is 17.5 Å². The minimum atomic E-state index is -0.937. The highest BCUT2D eigenvalue weighted by Gasteiger charge is 2.84. The average Bonchev–Trinajstić information content (AvgIpc) is 3.08. The number of ketones is 1. The Morgan fingerprint density at radius 1 is 1.23 bits per heavy atom. The summed E-state index contributed by atoms with van der Waals surface area (Å²) in [5, 5.41) is 11.5. The number of hydrogen-bond acceptors (Lipinski definition) is 7. The van der Waals surface area contributed by atoms with Crippen LogP contribution in [0.25, 0.3) is 0 Å². The maximum Gasteiger partial charge on any atom is 0.339 e. The second kappa shape index (κ2) is 5.75. The first kappa shape index (κ1) is 19.0. The third-order valence-corrected chi connectivity index (χ3v) is 9.10. The zero-order valence-corrected chi connectivity index (χ0v) is 17.5. The molecule has 1 aromatic heterocycles. The summed E-state index contributed by atoms with van der Waals surface area (Å²) < 4.78 is 23.4. The van der Waals surface area contributed by atoms with Crippen molar-refractivity contribution in [3.63, 3.8) is 0 Å². The van der Waals surface area contributed by atoms with Crippen LogP contribution in [0.15, 0.2) is 23.0 Å². The highest BCUT2D eigenvalue weighted by Crippen LogP contribution is 2.73. The van der Waals surface area contributed by atoms with Crippen LogP contribution in [0.2, 0.25) is 0 Å². The number of furan rings is 1. The van der Waals surface area contributed by atoms with Crippen LogP contribution >= 0.6 is 0 Å². The van der Waals surface area contributed by atoms with E-state index in [1.807, 2.05) is 6.92 Å². The lowest BCUT2D eigenvalue weighted by Crippen LogP contribution is -2.67. The zero-order valence-electron chi connectivity index (χ0n) is 17.5. The van der Waals surface area contributed by atoms with Gasteiger partial charge in [0, 0.05) is 23.3 Å². The second-order valence-corrected chi connectivity index (χ2v) is 10.3. The van der Waals surface area contributed by atoms with Crippen molar-refractivity contribution in [3.05, 3.63) is 24.2 Å². The maximum atomic E-state index is 13.5. The van der Waals surface area contributed by atoms with Crippen LogP contribution in [0.3, 0.4) is 0 Å². The molecule has 0 radical (unpaired) electrons. The predicted molar refractivity (Wildman–Crippen MR) is 102 cm³/mol. The largest absolute Gasteiger partial charge is 0.472 e. The first-order valence-electron chi connectivity index (χ1n) is 11.0. The molecule has 0 amide bonds. The van der Waals surface area contributed by atoms with E-state index in [0.29, 0.717) is 19.4 Å². The van der Waals surface area contributed by atoms with Crippen LogP contribution in [0.1, 0.15) is 51.7 Å². The Morgan fingerprint density at radius 3 is 2.73 bits per heavy atom. The number of hydrogen-bond donors (Lipinski definition) is 1. The van der Waals surface area contributed by atoms with E-state index in [1.54, 1.807) is 18.6 Å². The van der Waals surface area contributed by atoms with Crippen molar-refractivity contribution in [1.82, 2.24) is 0 Å². The van der Waals surface area contributed by atoms with E-state index in [4.69, 9.17) is 18.6 Å². The van der Waals surface area contributed by atoms with Gasteiger partial charge in [0.05, 0.1) is 36.8 Å². The number of cyclic esters (lactones) is 1. The molecule has 1 spiro atoms. The minimum Gasteiger partial charge on any atom is -0.472 e. The summed E-state index contributed by atoms with van der Waals surface area (Å²) in [5.41, 5.74) is -1.31. The van der Waals surface area contributed by atoms with E-state index in [-0.39, 0.29) is 29.1 Å². The first-order chi connectivity index (χ1) is 14.3. The summed E-state index contributed by atoms with van der Waals surface area (Å²) in [5.74, 6) is -0.987. The Balaban J connectivity index is 1.49. The molecule has 10 atom stereocenters. The molecule has 3 aliphatic heterocycles. The van der Waals surface area contributed by atoms with Crippen LogP contribution in [0, 0.1) is 29.1 Å². The number of epoxide rings is 1. The van der Waals surface area contributed by atoms with Crippen molar-refractivity contribution in [2.24, 2.45) is 29.1 Å². The summed E-state index contributed by atoms with van der Waals surface area (Å²) in [6.07, 6.45) is 2.65. The molecule has 0 aromatic carbocycles. The highest BCUT2D eigenvalue weighted by molar-refractivity contribution is 5.90. The summed E-state index contributed by atoms with van der Waals surface area (Å²) in [7, 11) is 0. The van der Waals surface area contributed by atoms with Gasteiger partial charge in [-0.05, 0) is 37.7 Å². The van der Waals surface area contributed by atoms with Gasteiger partial charge in [-0.1, -0.05) is 13.8 Å². The number of fused-ring (bicyclic) bond motifs is 3. The van der Waals surface area contributed by atoms with E-state index < -0.39 is 41.2 Å². The summed E-state index contributed by atoms with van der Waals surface area (Å²) >= 11 is 0. The van der Waals surface area contributed by atoms with Gasteiger partial charge in [0.25, 0.3) is 0 Å². The van der Waals surface area contributed by atoms with Crippen LogP contribution in [-0.4, -0.2) is 46.9 Å². The summed E-state index contributed by atoms with van der Waals surface area (Å²) in [6.45, 7) is 6.72. The Labute approximate surface area is 175 Å². The third kappa shape index (κ3) is 2.02. The minimum absolute atomic E-state index is 0.0642. The Bertz CT molecular complexity index is 911. The molecule has 10 unspecified atom stereocenters. The molecule has 162 valence electrons. The Hall–Kier alpha value is -1.70. The number of aliphatic hydroxyl groups excluding tert-OH is 1. The van der Waals surface area contributed by atoms with E-state index >= 15 is 0 Å². The summed E-state index contributed by atoms with van der Waals surface area (Å²) in [6, 6.07) is 1.77. The second-order valence-electron chi connectivity index (χ2n) is 10.3. The fourth-order valence-corrected chi connectivity index (χ4v) is 7.65. The quantitative estimate of drug-likeness (QED) is 0.584. The molecule has 6 rings (SSSR count). The molecule has 2 saturated carbocycles. The fraction of sp³-hybridized carbons (Fsp3) is 0.739. The Kier molecular flexibility index (Phi) is 3.65. The molecule has 7 heteroatoms. The molecule has 5 aliphatic rings. The molecular formula is C23H28O7. The van der Waals surface area contributed by atoms with Crippen molar-refractivity contribution in [1.29, 1.82) is 0 Å². The standard InChI is InChI=1S/C23H28O7/c1-4-22(3)16-12(10-28-22)7-13(24)17-15(16)14(25)8-21(2)18(11-5-6-27-9-11)29-20(26)19-23(17,21)30-19/h5-6,9,12,14-19,25H,4,7-8,10H2,1-3H3. The molecule has 7 nitrogen and oxygen atoms in total. The van der Waals surface area contributed by atoms with Crippen molar-refractivity contribution >= 4 is 11.8 Å². The molecule has 4 heterocycles. The SMILES string of the molecule is CCC1(C)OCC2CC(=O)C3C(C(O)CC4(C)C(c5ccoc5)OC(=O)C5OC534)C21. The first-order valence-corrected chi connectivity index (χ1v) is 11.0. The van der Waals surface area contributed by atoms with Gasteiger partial charge < -0.3 is 23.7 Å². The number of ether oxygens (including phenoxy) is 3. The summed E-state index contributed by atoms with van der Waals surface area (Å²) in [4.78, 5) is 26.4. The molecule has 5 fully saturated rings. The van der Waals surface area contributed by atoms with Gasteiger partial charge >= 0.3 is 5.97 Å². The number of aliphatic hydroxyl groups is 1. The molecular weight excluding hydrogens is 388 g/mol. The zero-order chi connectivity index (χ0) is 21.1. The lowest BCUT2D eigenvalue weighted by molar-refractivity contribution is -0.203. The predicted octanol–water partition coefficient (Wildman–Crippen LogP) is 2.42. The van der Waals surface area contributed by atoms with Crippen LogP contribution in [-0.2, 0) is 23.8 Å². The van der Waals surface area contributed by atoms with Crippen molar-refractivity contribution in [2.45, 2.75) is 69.5 Å². The van der Waals surface area contributed by atoms with Gasteiger partial charge in [-0.15, -0.1) is 0 Å². The van der Waals surface area contributed by atoms with E-state index in [1.165, 1.54) is 0 Å². The topological polar surface area (TPSA) is 98.5 Å². The lowest BCUT2D eigenvalue weighted by atomic mass is 9.46. The normalized spacial score (nSPS) is 53.9. The van der Waals surface area contributed by atoms with Crippen molar-refractivity contribution < 1.29 is 33.3 Å². The fourth-order valence-electron chi connectivity index (χ4n) is 7.65. The number of carbonyl (C=O) groups excluding carboxylic acids is 2. The number of carbonyl (C=O) groups is 2. The molecule has 1 N–H and O–H groups in total. The van der Waals surface area contributed by atoms with Crippen molar-refractivity contribution in [2.75, 3.05) is 6.61 Å². The Morgan fingerprint density at radius 2 is 2.03 bits per heavy atom. The van der Waals surface area contributed by atoms with Gasteiger partial charge in [0.15, 0.2) is 6.10 Å². The van der Waals surface area contributed by atoms with Gasteiger partial charge in [-0.3, -0.25) is 4.79 Å². The average molecular weight is 416 g/mol. The monoisotopic (exact) mass is 416 g/mol. The number of esters is 1. The van der Waals surface area contributed by atoms with Crippen LogP contribution < -0.4 is 0 Å². The van der Waals surface area contributed by atoms with Gasteiger partial charge in [-0.25, -0.2) is 4.79 Å². The van der Waals surface area contributed by atoms with Gasteiger partial charge in [-0.2, -0.15) is 0 Å².